The van der Waals surface area contributed by atoms with Crippen molar-refractivity contribution in [3.63, 3.8) is 0 Å². The number of nitrogens with zero attached hydrogens (tertiary/aromatic N) is 6. The van der Waals surface area contributed by atoms with Gasteiger partial charge >= 0.3 is 5.97 Å². The van der Waals surface area contributed by atoms with Crippen LogP contribution in [0.15, 0.2) is 54.7 Å². The topological polar surface area (TPSA) is 151 Å². The lowest BCUT2D eigenvalue weighted by Crippen LogP contribution is -2.61. The van der Waals surface area contributed by atoms with Gasteiger partial charge in [0.25, 0.3) is 5.91 Å². The summed E-state index contributed by atoms with van der Waals surface area (Å²) in [5, 5.41) is 5.70. The molecule has 15 heteroatoms. The molecule has 0 spiro atoms. The Labute approximate surface area is 394 Å². The molecule has 358 valence electrons. The van der Waals surface area contributed by atoms with E-state index in [0.29, 0.717) is 64.3 Å². The first-order valence-corrected chi connectivity index (χ1v) is 24.4. The van der Waals surface area contributed by atoms with Crippen LogP contribution in [0.3, 0.4) is 0 Å². The molecule has 0 saturated carbocycles. The van der Waals surface area contributed by atoms with E-state index in [4.69, 9.17) is 19.2 Å². The number of hydrogen-bond donors (Lipinski definition) is 2. The molecule has 9 rings (SSSR count). The third kappa shape index (κ3) is 9.83. The van der Waals surface area contributed by atoms with Crippen LogP contribution in [0.25, 0.3) is 33.3 Å². The van der Waals surface area contributed by atoms with Crippen molar-refractivity contribution in [2.75, 3.05) is 77.6 Å². The van der Waals surface area contributed by atoms with Gasteiger partial charge in [0.1, 0.15) is 12.1 Å². The summed E-state index contributed by atoms with van der Waals surface area (Å²) in [4.78, 5) is 66.7. The number of likely N-dealkylation sites (tertiary alicyclic amines) is 1. The second-order valence-electron chi connectivity index (χ2n) is 20.1. The summed E-state index contributed by atoms with van der Waals surface area (Å²) in [5.41, 5.74) is 11.8. The molecule has 4 aromatic rings. The summed E-state index contributed by atoms with van der Waals surface area (Å²) in [6.07, 6.45) is 5.00. The average Bonchev–Trinajstić information content (AvgIpc) is 3.65. The Balaban J connectivity index is 1.14. The summed E-state index contributed by atoms with van der Waals surface area (Å²) in [6, 6.07) is 15.8. The molecular weight excluding hydrogens is 849 g/mol. The molecule has 2 N–H and O–H groups in total. The fourth-order valence-electron chi connectivity index (χ4n) is 10.9. The Morgan fingerprint density at radius 2 is 1.82 bits per heavy atom. The number of esters is 1. The summed E-state index contributed by atoms with van der Waals surface area (Å²) >= 11 is 0. The summed E-state index contributed by atoms with van der Waals surface area (Å²) in [7, 11) is 1.73. The normalized spacial score (nSPS) is 24.4. The Kier molecular flexibility index (Phi) is 13.7. The molecular formula is C52H68N8O7. The van der Waals surface area contributed by atoms with Crippen molar-refractivity contribution in [1.82, 2.24) is 35.1 Å². The number of aromatic nitrogens is 2. The van der Waals surface area contributed by atoms with Gasteiger partial charge in [-0.25, -0.2) is 5.43 Å². The molecule has 7 heterocycles. The Morgan fingerprint density at radius 1 is 1.00 bits per heavy atom. The third-order valence-electron chi connectivity index (χ3n) is 14.7. The molecule has 0 radical (unpaired) electrons. The van der Waals surface area contributed by atoms with E-state index < -0.39 is 29.4 Å². The van der Waals surface area contributed by atoms with Crippen molar-refractivity contribution >= 4 is 40.3 Å². The van der Waals surface area contributed by atoms with Crippen LogP contribution in [0, 0.1) is 11.3 Å². The molecule has 15 nitrogen and oxygen atoms in total. The van der Waals surface area contributed by atoms with Crippen LogP contribution in [0.4, 0.5) is 5.69 Å². The standard InChI is InChI=1S/C52H68N8O7/c1-7-59-46-16-15-37-25-41(46)43(48(59)42-26-39(28-53-47(42)33(2)65-6)58-20-19-56-21-22-66-31-40(56)30-58)27-52(4,5)32-67-51(64)44-14-10-18-60(55-44)50(63)45(24-35-11-8-12-36(37)23-35)54-49(62)38-13-9-17-57(29-38)34(3)61/h8,11-12,15-16,23,25-26,28,33,38,40,44-45,55H,7,9-10,13-14,17-22,24,27,29-32H2,1-6H3,(H,54,62)/t33-,38-,40-,44-,45-/m0/s1. The number of cyclic esters (lactones) is 1. The van der Waals surface area contributed by atoms with Gasteiger partial charge in [0.2, 0.25) is 11.8 Å². The SMILES string of the molecule is CCn1c(-c2cc(N3CCN4CCOC[C@@H]4C3)cnc2[C@H](C)OC)c2c3cc(ccc31)-c1cccc(c1)C[C@H](NC(=O)[C@H]1CCCN(C(C)=O)C1)C(=O)N1CCC[C@H](N1)C(=O)OCC(C)(C)C2. The minimum atomic E-state index is -0.918. The molecule has 2 aromatic carbocycles. The zero-order chi connectivity index (χ0) is 47.0. The lowest BCUT2D eigenvalue weighted by molar-refractivity contribution is -0.155. The molecule has 5 aliphatic heterocycles. The number of piperazine rings is 1. The van der Waals surface area contributed by atoms with Gasteiger partial charge in [-0.1, -0.05) is 44.2 Å². The van der Waals surface area contributed by atoms with Crippen LogP contribution in [0.1, 0.15) is 83.2 Å². The average molecular weight is 917 g/mol. The van der Waals surface area contributed by atoms with E-state index in [-0.39, 0.29) is 36.9 Å². The lowest BCUT2D eigenvalue weighted by Gasteiger charge is -2.44. The number of benzene rings is 2. The van der Waals surface area contributed by atoms with Gasteiger partial charge in [0, 0.05) is 94.7 Å². The minimum absolute atomic E-state index is 0.0652. The summed E-state index contributed by atoms with van der Waals surface area (Å²) in [5.74, 6) is -1.48. The van der Waals surface area contributed by atoms with Gasteiger partial charge < -0.3 is 33.9 Å². The maximum absolute atomic E-state index is 14.5. The van der Waals surface area contributed by atoms with E-state index in [2.05, 4.69) is 82.3 Å². The van der Waals surface area contributed by atoms with Gasteiger partial charge in [-0.15, -0.1) is 0 Å². The number of carbonyl (C=O) groups is 4. The molecule has 6 bridgehead atoms. The van der Waals surface area contributed by atoms with E-state index in [1.807, 2.05) is 25.3 Å². The molecule has 5 atom stereocenters. The van der Waals surface area contributed by atoms with E-state index in [1.54, 1.807) is 12.0 Å². The van der Waals surface area contributed by atoms with Crippen molar-refractivity contribution in [2.45, 2.75) is 104 Å². The molecule has 0 unspecified atom stereocenters. The zero-order valence-corrected chi connectivity index (χ0v) is 40.1. The molecule has 4 saturated heterocycles. The predicted molar refractivity (Wildman–Crippen MR) is 257 cm³/mol. The van der Waals surface area contributed by atoms with Crippen LogP contribution in [-0.4, -0.2) is 139 Å². The number of nitrogens with one attached hydrogen (secondary N) is 2. The van der Waals surface area contributed by atoms with E-state index in [0.717, 1.165) is 95.2 Å². The zero-order valence-electron chi connectivity index (χ0n) is 40.1. The highest BCUT2D eigenvalue weighted by Gasteiger charge is 2.37. The second kappa shape index (κ2) is 19.7. The fourth-order valence-corrected chi connectivity index (χ4v) is 10.9. The molecule has 3 amide bonds. The molecule has 5 aliphatic rings. The number of amides is 3. The number of piperidine rings is 1. The number of aryl methyl sites for hydroxylation is 1. The lowest BCUT2D eigenvalue weighted by atomic mass is 9.84. The highest BCUT2D eigenvalue weighted by Crippen LogP contribution is 2.43. The monoisotopic (exact) mass is 917 g/mol. The quantitative estimate of drug-likeness (QED) is 0.226. The first-order chi connectivity index (χ1) is 32.3. The van der Waals surface area contributed by atoms with Crippen LogP contribution in [0.5, 0.6) is 0 Å². The number of hydrazine groups is 1. The number of carbonyl (C=O) groups excluding carboxylic acids is 4. The number of fused-ring (bicyclic) bond motifs is 7. The Morgan fingerprint density at radius 3 is 2.63 bits per heavy atom. The second-order valence-corrected chi connectivity index (χ2v) is 20.1. The van der Waals surface area contributed by atoms with E-state index >= 15 is 0 Å². The number of hydrogen-bond acceptors (Lipinski definition) is 11. The Bertz CT molecular complexity index is 2500. The predicted octanol–water partition coefficient (Wildman–Crippen LogP) is 5.53. The summed E-state index contributed by atoms with van der Waals surface area (Å²) in [6.45, 7) is 17.4. The number of morpholine rings is 1. The number of ether oxygens (including phenoxy) is 3. The van der Waals surface area contributed by atoms with Gasteiger partial charge in [-0.3, -0.25) is 34.1 Å². The third-order valence-corrected chi connectivity index (χ3v) is 14.7. The van der Waals surface area contributed by atoms with Gasteiger partial charge in [-0.2, -0.15) is 0 Å². The van der Waals surface area contributed by atoms with Crippen LogP contribution < -0.4 is 15.6 Å². The van der Waals surface area contributed by atoms with Crippen molar-refractivity contribution in [3.05, 3.63) is 71.5 Å². The molecule has 4 fully saturated rings. The largest absolute Gasteiger partial charge is 0.464 e. The highest BCUT2D eigenvalue weighted by molar-refractivity contribution is 5.96. The number of methoxy groups -OCH3 is 1. The number of rotatable bonds is 7. The van der Waals surface area contributed by atoms with Gasteiger partial charge in [0.15, 0.2) is 0 Å². The van der Waals surface area contributed by atoms with Crippen molar-refractivity contribution < 1.29 is 33.4 Å². The van der Waals surface area contributed by atoms with E-state index in [9.17, 15) is 19.2 Å². The van der Waals surface area contributed by atoms with Crippen molar-refractivity contribution in [3.8, 4) is 22.4 Å². The van der Waals surface area contributed by atoms with Crippen LogP contribution in [-0.2, 0) is 52.8 Å². The molecule has 67 heavy (non-hydrogen) atoms. The van der Waals surface area contributed by atoms with E-state index in [1.165, 1.54) is 11.9 Å². The number of anilines is 1. The van der Waals surface area contributed by atoms with Gasteiger partial charge in [0.05, 0.1) is 61.2 Å². The maximum Gasteiger partial charge on any atom is 0.324 e. The summed E-state index contributed by atoms with van der Waals surface area (Å²) < 4.78 is 20.5. The van der Waals surface area contributed by atoms with Crippen molar-refractivity contribution in [1.29, 1.82) is 0 Å². The Hall–Kier alpha value is -5.35. The van der Waals surface area contributed by atoms with Crippen LogP contribution in [0.2, 0.25) is 0 Å². The van der Waals surface area contributed by atoms with Gasteiger partial charge in [-0.05, 0) is 86.4 Å². The first kappa shape index (κ1) is 46.7. The minimum Gasteiger partial charge on any atom is -0.464 e. The van der Waals surface area contributed by atoms with Crippen molar-refractivity contribution in [2.24, 2.45) is 11.3 Å². The molecule has 2 aromatic heterocycles. The first-order valence-electron chi connectivity index (χ1n) is 24.4. The smallest absolute Gasteiger partial charge is 0.324 e. The molecule has 0 aliphatic carbocycles. The highest BCUT2D eigenvalue weighted by atomic mass is 16.5. The fraction of sp³-hybridized carbons (Fsp3) is 0.558. The number of pyridine rings is 1. The maximum atomic E-state index is 14.5. The van der Waals surface area contributed by atoms with Crippen LogP contribution >= 0.6 is 0 Å².